The van der Waals surface area contributed by atoms with Crippen molar-refractivity contribution in [3.63, 3.8) is 0 Å². The molecule has 0 saturated carbocycles. The highest BCUT2D eigenvalue weighted by atomic mass is 16.4. The molecule has 0 aromatic carbocycles. The number of aliphatic imine (C=N–C) groups is 1. The van der Waals surface area contributed by atoms with E-state index in [2.05, 4.69) is 4.99 Å². The Morgan fingerprint density at radius 2 is 2.44 bits per heavy atom. The van der Waals surface area contributed by atoms with Gasteiger partial charge in [-0.05, 0) is 0 Å². The third kappa shape index (κ3) is 1.26. The molecule has 4 heteroatoms. The first-order valence-corrected chi connectivity index (χ1v) is 2.64. The van der Waals surface area contributed by atoms with Gasteiger partial charge in [-0.1, -0.05) is 0 Å². The van der Waals surface area contributed by atoms with Crippen LogP contribution in [0.2, 0.25) is 0 Å². The van der Waals surface area contributed by atoms with Crippen molar-refractivity contribution >= 4 is 12.2 Å². The Hall–Kier alpha value is -0.900. The number of aliphatic carboxylic acids is 1. The Balaban J connectivity index is 2.50. The fourth-order valence-electron chi connectivity index (χ4n) is 0.718. The number of aliphatic hydroxyl groups excluding tert-OH is 1. The number of rotatable bonds is 1. The first kappa shape index (κ1) is 6.22. The van der Waals surface area contributed by atoms with E-state index in [9.17, 15) is 4.79 Å². The van der Waals surface area contributed by atoms with Gasteiger partial charge in [0.05, 0.1) is 6.10 Å². The minimum atomic E-state index is -0.970. The second-order valence-electron chi connectivity index (χ2n) is 1.96. The SMILES string of the molecule is O=C(O)C1CC(O)C=N1. The quantitative estimate of drug-likeness (QED) is 0.490. The maximum Gasteiger partial charge on any atom is 0.328 e. The molecule has 1 heterocycles. The molecule has 0 fully saturated rings. The van der Waals surface area contributed by atoms with Gasteiger partial charge in [-0.3, -0.25) is 4.99 Å². The molecule has 0 aliphatic carbocycles. The fraction of sp³-hybridized carbons (Fsp3) is 0.600. The van der Waals surface area contributed by atoms with Gasteiger partial charge in [-0.2, -0.15) is 0 Å². The summed E-state index contributed by atoms with van der Waals surface area (Å²) in [5.74, 6) is -0.970. The molecule has 0 spiro atoms. The number of hydrogen-bond acceptors (Lipinski definition) is 3. The van der Waals surface area contributed by atoms with Gasteiger partial charge in [0, 0.05) is 12.6 Å². The van der Waals surface area contributed by atoms with E-state index in [0.29, 0.717) is 0 Å². The van der Waals surface area contributed by atoms with Crippen molar-refractivity contribution in [1.29, 1.82) is 0 Å². The third-order valence-corrected chi connectivity index (χ3v) is 1.19. The molecule has 1 aliphatic rings. The largest absolute Gasteiger partial charge is 0.480 e. The van der Waals surface area contributed by atoms with Gasteiger partial charge in [-0.25, -0.2) is 4.79 Å². The molecule has 0 bridgehead atoms. The van der Waals surface area contributed by atoms with Crippen molar-refractivity contribution in [1.82, 2.24) is 0 Å². The average Bonchev–Trinajstić information content (AvgIpc) is 2.14. The zero-order valence-electron chi connectivity index (χ0n) is 4.69. The topological polar surface area (TPSA) is 69.9 Å². The highest BCUT2D eigenvalue weighted by molar-refractivity contribution is 5.80. The smallest absolute Gasteiger partial charge is 0.328 e. The van der Waals surface area contributed by atoms with Crippen LogP contribution in [0.1, 0.15) is 6.42 Å². The average molecular weight is 129 g/mol. The Morgan fingerprint density at radius 1 is 1.78 bits per heavy atom. The predicted molar refractivity (Wildman–Crippen MR) is 30.5 cm³/mol. The van der Waals surface area contributed by atoms with Gasteiger partial charge in [0.1, 0.15) is 6.04 Å². The Bertz CT molecular complexity index is 154. The lowest BCUT2D eigenvalue weighted by molar-refractivity contribution is -0.138. The molecule has 9 heavy (non-hydrogen) atoms. The zero-order valence-corrected chi connectivity index (χ0v) is 4.69. The molecule has 0 amide bonds. The molecule has 2 unspecified atom stereocenters. The Labute approximate surface area is 51.8 Å². The molecule has 4 nitrogen and oxygen atoms in total. The van der Waals surface area contributed by atoms with E-state index in [-0.39, 0.29) is 6.42 Å². The first-order valence-electron chi connectivity index (χ1n) is 2.64. The van der Waals surface area contributed by atoms with E-state index in [4.69, 9.17) is 10.2 Å². The normalized spacial score (nSPS) is 33.0. The van der Waals surface area contributed by atoms with Crippen LogP contribution in [0.4, 0.5) is 0 Å². The minimum absolute atomic E-state index is 0.218. The molecule has 0 radical (unpaired) electrons. The number of nitrogens with zero attached hydrogens (tertiary/aromatic N) is 1. The second-order valence-corrected chi connectivity index (χ2v) is 1.96. The van der Waals surface area contributed by atoms with Crippen molar-refractivity contribution in [2.24, 2.45) is 4.99 Å². The molecule has 0 aromatic rings. The fourth-order valence-corrected chi connectivity index (χ4v) is 0.718. The number of carboxylic acid groups (broad SMARTS) is 1. The summed E-state index contributed by atoms with van der Waals surface area (Å²) < 4.78 is 0. The third-order valence-electron chi connectivity index (χ3n) is 1.19. The van der Waals surface area contributed by atoms with Crippen LogP contribution in [0.15, 0.2) is 4.99 Å². The summed E-state index contributed by atoms with van der Waals surface area (Å²) in [6.07, 6.45) is 0.819. The van der Waals surface area contributed by atoms with Gasteiger partial charge >= 0.3 is 5.97 Å². The first-order chi connectivity index (χ1) is 4.20. The summed E-state index contributed by atoms with van der Waals surface area (Å²) in [5.41, 5.74) is 0. The lowest BCUT2D eigenvalue weighted by Crippen LogP contribution is -2.17. The molecule has 2 atom stereocenters. The van der Waals surface area contributed by atoms with Gasteiger partial charge in [0.15, 0.2) is 0 Å². The zero-order chi connectivity index (χ0) is 6.85. The highest BCUT2D eigenvalue weighted by Gasteiger charge is 2.23. The van der Waals surface area contributed by atoms with Crippen LogP contribution < -0.4 is 0 Å². The van der Waals surface area contributed by atoms with E-state index < -0.39 is 18.1 Å². The molecule has 0 saturated heterocycles. The van der Waals surface area contributed by atoms with Crippen LogP contribution >= 0.6 is 0 Å². The number of carboxylic acids is 1. The van der Waals surface area contributed by atoms with Gasteiger partial charge < -0.3 is 10.2 Å². The monoisotopic (exact) mass is 129 g/mol. The van der Waals surface area contributed by atoms with Crippen molar-refractivity contribution in [2.75, 3.05) is 0 Å². The number of carbonyl (C=O) groups is 1. The molecule has 50 valence electrons. The maximum atomic E-state index is 10.1. The van der Waals surface area contributed by atoms with Crippen molar-refractivity contribution in [2.45, 2.75) is 18.6 Å². The summed E-state index contributed by atoms with van der Waals surface area (Å²) in [7, 11) is 0. The van der Waals surface area contributed by atoms with E-state index in [0.717, 1.165) is 0 Å². The lowest BCUT2D eigenvalue weighted by Gasteiger charge is -1.98. The Kier molecular flexibility index (Phi) is 1.48. The van der Waals surface area contributed by atoms with E-state index in [1.165, 1.54) is 6.21 Å². The van der Waals surface area contributed by atoms with Crippen LogP contribution in [0.3, 0.4) is 0 Å². The van der Waals surface area contributed by atoms with Gasteiger partial charge in [0.25, 0.3) is 0 Å². The lowest BCUT2D eigenvalue weighted by atomic mass is 10.2. The van der Waals surface area contributed by atoms with Crippen LogP contribution in [0, 0.1) is 0 Å². The van der Waals surface area contributed by atoms with E-state index >= 15 is 0 Å². The predicted octanol–water partition coefficient (Wildman–Crippen LogP) is -0.725. The van der Waals surface area contributed by atoms with Crippen LogP contribution in [0.25, 0.3) is 0 Å². The van der Waals surface area contributed by atoms with Gasteiger partial charge in [0.2, 0.25) is 0 Å². The molecule has 1 rings (SSSR count). The molecule has 1 aliphatic heterocycles. The number of aliphatic hydroxyl groups is 1. The molecular weight excluding hydrogens is 122 g/mol. The van der Waals surface area contributed by atoms with Crippen molar-refractivity contribution < 1.29 is 15.0 Å². The van der Waals surface area contributed by atoms with Crippen LogP contribution in [-0.2, 0) is 4.79 Å². The molecular formula is C5H7NO3. The summed E-state index contributed by atoms with van der Waals surface area (Å²) in [4.78, 5) is 13.7. The number of hydrogen-bond donors (Lipinski definition) is 2. The van der Waals surface area contributed by atoms with Crippen LogP contribution in [-0.4, -0.2) is 34.5 Å². The highest BCUT2D eigenvalue weighted by Crippen LogP contribution is 2.08. The van der Waals surface area contributed by atoms with Gasteiger partial charge in [-0.15, -0.1) is 0 Å². The van der Waals surface area contributed by atoms with E-state index in [1.807, 2.05) is 0 Å². The van der Waals surface area contributed by atoms with Crippen LogP contribution in [0.5, 0.6) is 0 Å². The standard InChI is InChI=1S/C5H7NO3/c7-3-1-4(5(8)9)6-2-3/h2-4,7H,1H2,(H,8,9). The Morgan fingerprint density at radius 3 is 2.67 bits per heavy atom. The van der Waals surface area contributed by atoms with Crippen molar-refractivity contribution in [3.8, 4) is 0 Å². The van der Waals surface area contributed by atoms with E-state index in [1.54, 1.807) is 0 Å². The summed E-state index contributed by atoms with van der Waals surface area (Å²) in [6, 6.07) is -0.722. The molecule has 0 aromatic heterocycles. The summed E-state index contributed by atoms with van der Waals surface area (Å²) in [5, 5.41) is 17.0. The maximum absolute atomic E-state index is 10.1. The van der Waals surface area contributed by atoms with Crippen molar-refractivity contribution in [3.05, 3.63) is 0 Å². The minimum Gasteiger partial charge on any atom is -0.480 e. The second kappa shape index (κ2) is 2.14. The summed E-state index contributed by atoms with van der Waals surface area (Å²) in [6.45, 7) is 0. The molecule has 2 N–H and O–H groups in total. The summed E-state index contributed by atoms with van der Waals surface area (Å²) >= 11 is 0.